The standard InChI is InChI=1S/C23H13Cl2N3O2S/c24-15-11-17-20(12-16(15)25)31-23(27-17)28-21(13-6-2-1-3-7-13)26-18(22(28)30)10-14-8-4-5-9-19(14)29/h1-12,29H/b18-10-. The number of carbonyl (C=O) groups excluding carboxylic acids is 1. The summed E-state index contributed by atoms with van der Waals surface area (Å²) >= 11 is 13.6. The molecule has 0 spiro atoms. The molecule has 0 atom stereocenters. The van der Waals surface area contributed by atoms with E-state index in [4.69, 9.17) is 23.2 Å². The van der Waals surface area contributed by atoms with Crippen LogP contribution in [0.25, 0.3) is 16.3 Å². The van der Waals surface area contributed by atoms with Crippen LogP contribution in [0.2, 0.25) is 10.0 Å². The lowest BCUT2D eigenvalue weighted by atomic mass is 10.1. The Morgan fingerprint density at radius 1 is 0.968 bits per heavy atom. The number of benzene rings is 3. The molecule has 0 bridgehead atoms. The van der Waals surface area contributed by atoms with Crippen molar-refractivity contribution in [1.82, 2.24) is 4.98 Å². The smallest absolute Gasteiger partial charge is 0.284 e. The van der Waals surface area contributed by atoms with Crippen LogP contribution in [0.4, 0.5) is 5.13 Å². The van der Waals surface area contributed by atoms with Gasteiger partial charge in [0, 0.05) is 11.1 Å². The SMILES string of the molecule is O=C1/C(=C/c2ccccc2O)N=C(c2ccccc2)N1c1nc2cc(Cl)c(Cl)cc2s1. The van der Waals surface area contributed by atoms with Crippen molar-refractivity contribution >= 4 is 67.7 Å². The second-order valence-corrected chi connectivity index (χ2v) is 8.58. The number of thiazole rings is 1. The molecule has 152 valence electrons. The van der Waals surface area contributed by atoms with Gasteiger partial charge in [0.15, 0.2) is 5.13 Å². The quantitative estimate of drug-likeness (QED) is 0.369. The van der Waals surface area contributed by atoms with Gasteiger partial charge in [-0.1, -0.05) is 83.1 Å². The van der Waals surface area contributed by atoms with E-state index in [1.807, 2.05) is 30.3 Å². The average molecular weight is 466 g/mol. The minimum atomic E-state index is -0.335. The summed E-state index contributed by atoms with van der Waals surface area (Å²) in [5, 5.41) is 11.4. The van der Waals surface area contributed by atoms with Crippen LogP contribution >= 0.6 is 34.5 Å². The van der Waals surface area contributed by atoms with Gasteiger partial charge in [-0.15, -0.1) is 0 Å². The zero-order valence-corrected chi connectivity index (χ0v) is 18.1. The molecule has 1 aliphatic heterocycles. The predicted octanol–water partition coefficient (Wildman–Crippen LogP) is 6.14. The number of amides is 1. The van der Waals surface area contributed by atoms with Crippen molar-refractivity contribution in [2.24, 2.45) is 4.99 Å². The molecular weight excluding hydrogens is 453 g/mol. The van der Waals surface area contributed by atoms with Crippen molar-refractivity contribution in [1.29, 1.82) is 0 Å². The molecule has 0 fully saturated rings. The van der Waals surface area contributed by atoms with Crippen LogP contribution in [0.5, 0.6) is 5.75 Å². The van der Waals surface area contributed by atoms with E-state index >= 15 is 0 Å². The van der Waals surface area contributed by atoms with Gasteiger partial charge in [0.2, 0.25) is 0 Å². The van der Waals surface area contributed by atoms with Crippen molar-refractivity contribution in [3.05, 3.63) is 93.6 Å². The Labute approximate surface area is 191 Å². The van der Waals surface area contributed by atoms with Gasteiger partial charge in [-0.05, 0) is 24.3 Å². The molecule has 31 heavy (non-hydrogen) atoms. The minimum absolute atomic E-state index is 0.0713. The minimum Gasteiger partial charge on any atom is -0.507 e. The number of aromatic nitrogens is 1. The Kier molecular flexibility index (Phi) is 4.98. The number of phenols is 1. The normalized spacial score (nSPS) is 15.2. The second kappa shape index (κ2) is 7.81. The molecule has 0 unspecified atom stereocenters. The number of fused-ring (bicyclic) bond motifs is 1. The van der Waals surface area contributed by atoms with Crippen LogP contribution < -0.4 is 4.90 Å². The molecule has 0 aliphatic carbocycles. The molecule has 0 saturated heterocycles. The van der Waals surface area contributed by atoms with Gasteiger partial charge in [0.1, 0.15) is 17.3 Å². The fourth-order valence-electron chi connectivity index (χ4n) is 3.24. The van der Waals surface area contributed by atoms with Gasteiger partial charge in [-0.2, -0.15) is 0 Å². The first-order valence-corrected chi connectivity index (χ1v) is 10.8. The number of aliphatic imine (C=N–C) groups is 1. The van der Waals surface area contributed by atoms with Crippen LogP contribution in [-0.4, -0.2) is 21.8 Å². The first-order valence-electron chi connectivity index (χ1n) is 9.25. The molecule has 3 aromatic carbocycles. The third-order valence-corrected chi connectivity index (χ3v) is 6.46. The largest absolute Gasteiger partial charge is 0.507 e. The van der Waals surface area contributed by atoms with Gasteiger partial charge in [0.25, 0.3) is 5.91 Å². The van der Waals surface area contributed by atoms with E-state index in [9.17, 15) is 9.90 Å². The number of nitrogens with zero attached hydrogens (tertiary/aromatic N) is 3. The number of anilines is 1. The maximum Gasteiger partial charge on any atom is 0.284 e. The molecule has 5 nitrogen and oxygen atoms in total. The maximum atomic E-state index is 13.4. The predicted molar refractivity (Wildman–Crippen MR) is 126 cm³/mol. The molecule has 1 amide bonds. The molecule has 8 heteroatoms. The number of halogens is 2. The Morgan fingerprint density at radius 2 is 1.68 bits per heavy atom. The van der Waals surface area contributed by atoms with E-state index in [0.717, 1.165) is 10.3 Å². The fourth-order valence-corrected chi connectivity index (χ4v) is 4.61. The summed E-state index contributed by atoms with van der Waals surface area (Å²) in [5.74, 6) is 0.198. The lowest BCUT2D eigenvalue weighted by Crippen LogP contribution is -2.32. The van der Waals surface area contributed by atoms with Crippen LogP contribution in [-0.2, 0) is 4.79 Å². The molecule has 1 aromatic heterocycles. The third kappa shape index (κ3) is 3.59. The van der Waals surface area contributed by atoms with Crippen molar-refractivity contribution in [2.75, 3.05) is 4.90 Å². The Balaban J connectivity index is 1.66. The van der Waals surface area contributed by atoms with Gasteiger partial charge in [-0.3, -0.25) is 4.79 Å². The molecule has 2 heterocycles. The number of hydrogen-bond acceptors (Lipinski definition) is 5. The highest BCUT2D eigenvalue weighted by molar-refractivity contribution is 7.22. The van der Waals surface area contributed by atoms with Gasteiger partial charge >= 0.3 is 0 Å². The molecule has 0 radical (unpaired) electrons. The molecule has 5 rings (SSSR count). The van der Waals surface area contributed by atoms with E-state index in [2.05, 4.69) is 9.98 Å². The molecular formula is C23H13Cl2N3O2S. The summed E-state index contributed by atoms with van der Waals surface area (Å²) in [6.45, 7) is 0. The van der Waals surface area contributed by atoms with Gasteiger partial charge < -0.3 is 5.11 Å². The zero-order valence-electron chi connectivity index (χ0n) is 15.8. The van der Waals surface area contributed by atoms with Crippen molar-refractivity contribution in [2.45, 2.75) is 0 Å². The zero-order chi connectivity index (χ0) is 21.5. The summed E-state index contributed by atoms with van der Waals surface area (Å²) in [6, 6.07) is 19.6. The van der Waals surface area contributed by atoms with E-state index in [-0.39, 0.29) is 17.4 Å². The average Bonchev–Trinajstić information content (AvgIpc) is 3.31. The first kappa shape index (κ1) is 19.8. The number of carbonyl (C=O) groups is 1. The van der Waals surface area contributed by atoms with Crippen molar-refractivity contribution in [3.8, 4) is 5.75 Å². The number of hydrogen-bond donors (Lipinski definition) is 1. The van der Waals surface area contributed by atoms with E-state index in [1.165, 1.54) is 16.2 Å². The maximum absolute atomic E-state index is 13.4. The van der Waals surface area contributed by atoms with Crippen LogP contribution in [0, 0.1) is 0 Å². The number of amidine groups is 1. The highest BCUT2D eigenvalue weighted by atomic mass is 35.5. The summed E-state index contributed by atoms with van der Waals surface area (Å²) < 4.78 is 0.808. The van der Waals surface area contributed by atoms with E-state index in [0.29, 0.717) is 32.1 Å². The van der Waals surface area contributed by atoms with Gasteiger partial charge in [-0.25, -0.2) is 14.9 Å². The Morgan fingerprint density at radius 3 is 2.45 bits per heavy atom. The van der Waals surface area contributed by atoms with Crippen LogP contribution in [0.3, 0.4) is 0 Å². The van der Waals surface area contributed by atoms with Crippen molar-refractivity contribution < 1.29 is 9.90 Å². The monoisotopic (exact) mass is 465 g/mol. The van der Waals surface area contributed by atoms with E-state index < -0.39 is 0 Å². The van der Waals surface area contributed by atoms with Crippen molar-refractivity contribution in [3.63, 3.8) is 0 Å². The second-order valence-electron chi connectivity index (χ2n) is 6.76. The highest BCUT2D eigenvalue weighted by Gasteiger charge is 2.34. The summed E-state index contributed by atoms with van der Waals surface area (Å²) in [6.07, 6.45) is 1.57. The molecule has 1 N–H and O–H groups in total. The summed E-state index contributed by atoms with van der Waals surface area (Å²) in [4.78, 5) is 24.1. The molecule has 4 aromatic rings. The number of phenolic OH excluding ortho intramolecular Hbond substituents is 1. The topological polar surface area (TPSA) is 65.8 Å². The number of para-hydroxylation sites is 1. The Hall–Kier alpha value is -3.19. The fraction of sp³-hybridized carbons (Fsp3) is 0. The summed E-state index contributed by atoms with van der Waals surface area (Å²) in [5.41, 5.74) is 2.13. The Bertz CT molecular complexity index is 1360. The third-order valence-electron chi connectivity index (χ3n) is 4.73. The number of aromatic hydroxyl groups is 1. The highest BCUT2D eigenvalue weighted by Crippen LogP contribution is 2.37. The summed E-state index contributed by atoms with van der Waals surface area (Å²) in [7, 11) is 0. The van der Waals surface area contributed by atoms with E-state index in [1.54, 1.807) is 42.5 Å². The van der Waals surface area contributed by atoms with Gasteiger partial charge in [0.05, 0.1) is 20.3 Å². The molecule has 0 saturated carbocycles. The van der Waals surface area contributed by atoms with Crippen LogP contribution in [0.15, 0.2) is 77.4 Å². The lowest BCUT2D eigenvalue weighted by Gasteiger charge is -2.14. The number of rotatable bonds is 3. The lowest BCUT2D eigenvalue weighted by molar-refractivity contribution is -0.113. The molecule has 1 aliphatic rings. The van der Waals surface area contributed by atoms with Crippen LogP contribution in [0.1, 0.15) is 11.1 Å². The first-order chi connectivity index (χ1) is 15.0.